The highest BCUT2D eigenvalue weighted by Gasteiger charge is 2.27. The summed E-state index contributed by atoms with van der Waals surface area (Å²) in [5, 5.41) is 5.27. The molecule has 0 radical (unpaired) electrons. The molecular weight excluding hydrogens is 250 g/mol. The topological polar surface area (TPSA) is 54.5 Å². The Morgan fingerprint density at radius 3 is 3.22 bits per heavy atom. The van der Waals surface area contributed by atoms with Gasteiger partial charge in [-0.25, -0.2) is 9.78 Å². The van der Waals surface area contributed by atoms with Gasteiger partial charge in [-0.2, -0.15) is 0 Å². The number of nitrogens with zero attached hydrogens (tertiary/aromatic N) is 2. The third-order valence-corrected chi connectivity index (χ3v) is 3.43. The van der Waals surface area contributed by atoms with Gasteiger partial charge in [0.15, 0.2) is 5.13 Å². The molecule has 1 aromatic rings. The average molecular weight is 269 g/mol. The molecule has 0 aromatic carbocycles. The van der Waals surface area contributed by atoms with E-state index in [0.29, 0.717) is 17.6 Å². The molecule has 2 heterocycles. The van der Waals surface area contributed by atoms with Crippen molar-refractivity contribution in [2.75, 3.05) is 25.0 Å². The van der Waals surface area contributed by atoms with Crippen molar-refractivity contribution in [2.24, 2.45) is 5.92 Å². The molecule has 1 aliphatic rings. The minimum atomic E-state index is -0.0828. The van der Waals surface area contributed by atoms with Gasteiger partial charge in [-0.1, -0.05) is 13.8 Å². The lowest BCUT2D eigenvalue weighted by Crippen LogP contribution is -2.34. The van der Waals surface area contributed by atoms with Gasteiger partial charge in [0.25, 0.3) is 0 Å². The first-order chi connectivity index (χ1) is 8.65. The molecule has 1 fully saturated rings. The monoisotopic (exact) mass is 269 g/mol. The van der Waals surface area contributed by atoms with Crippen LogP contribution in [0, 0.1) is 5.92 Å². The number of urea groups is 1. The maximum Gasteiger partial charge on any atom is 0.323 e. The molecule has 1 unspecified atom stereocenters. The van der Waals surface area contributed by atoms with E-state index in [2.05, 4.69) is 24.1 Å². The summed E-state index contributed by atoms with van der Waals surface area (Å²) in [4.78, 5) is 17.7. The van der Waals surface area contributed by atoms with E-state index in [4.69, 9.17) is 4.74 Å². The van der Waals surface area contributed by atoms with Gasteiger partial charge in [-0.05, 0) is 12.3 Å². The zero-order valence-electron chi connectivity index (χ0n) is 10.8. The molecule has 0 spiro atoms. The summed E-state index contributed by atoms with van der Waals surface area (Å²) in [6.45, 7) is 6.43. The summed E-state index contributed by atoms with van der Waals surface area (Å²) in [6.07, 6.45) is 2.77. The molecule has 18 heavy (non-hydrogen) atoms. The second-order valence-corrected chi connectivity index (χ2v) is 5.75. The molecule has 1 aliphatic heterocycles. The van der Waals surface area contributed by atoms with Crippen molar-refractivity contribution in [1.82, 2.24) is 9.88 Å². The molecule has 1 N–H and O–H groups in total. The van der Waals surface area contributed by atoms with Crippen LogP contribution >= 0.6 is 11.3 Å². The Morgan fingerprint density at radius 1 is 1.72 bits per heavy atom. The smallest absolute Gasteiger partial charge is 0.323 e. The Labute approximate surface area is 111 Å². The minimum Gasteiger partial charge on any atom is -0.376 e. The maximum absolute atomic E-state index is 11.9. The van der Waals surface area contributed by atoms with E-state index in [1.807, 2.05) is 5.38 Å². The Morgan fingerprint density at radius 2 is 2.56 bits per heavy atom. The van der Waals surface area contributed by atoms with Crippen LogP contribution in [0.3, 0.4) is 0 Å². The lowest BCUT2D eigenvalue weighted by atomic mass is 10.2. The van der Waals surface area contributed by atoms with Crippen LogP contribution in [0.25, 0.3) is 0 Å². The molecule has 1 atom stereocenters. The largest absolute Gasteiger partial charge is 0.376 e. The van der Waals surface area contributed by atoms with Crippen LogP contribution in [0.2, 0.25) is 0 Å². The normalized spacial score (nSPS) is 19.5. The number of ether oxygens (including phenoxy) is 1. The first kappa shape index (κ1) is 13.3. The zero-order valence-corrected chi connectivity index (χ0v) is 11.6. The van der Waals surface area contributed by atoms with Crippen LogP contribution in [0.4, 0.5) is 9.93 Å². The quantitative estimate of drug-likeness (QED) is 0.913. The van der Waals surface area contributed by atoms with Crippen molar-refractivity contribution in [1.29, 1.82) is 0 Å². The fourth-order valence-corrected chi connectivity index (χ4v) is 2.35. The van der Waals surface area contributed by atoms with Crippen molar-refractivity contribution in [3.05, 3.63) is 11.6 Å². The van der Waals surface area contributed by atoms with Gasteiger partial charge in [-0.15, -0.1) is 11.3 Å². The molecule has 100 valence electrons. The second-order valence-electron chi connectivity index (χ2n) is 4.85. The molecule has 1 aromatic heterocycles. The van der Waals surface area contributed by atoms with Crippen LogP contribution < -0.4 is 5.32 Å². The second kappa shape index (κ2) is 6.15. The van der Waals surface area contributed by atoms with E-state index >= 15 is 0 Å². The third kappa shape index (κ3) is 3.68. The lowest BCUT2D eigenvalue weighted by Gasteiger charge is -2.17. The van der Waals surface area contributed by atoms with E-state index in [0.717, 1.165) is 19.6 Å². The molecule has 2 amide bonds. The molecular formula is C12H19N3O2S. The zero-order chi connectivity index (χ0) is 13.0. The van der Waals surface area contributed by atoms with Crippen molar-refractivity contribution >= 4 is 22.5 Å². The first-order valence-electron chi connectivity index (χ1n) is 6.22. The van der Waals surface area contributed by atoms with Crippen LogP contribution in [-0.4, -0.2) is 41.7 Å². The fourth-order valence-electron chi connectivity index (χ4n) is 1.83. The predicted octanol–water partition coefficient (Wildman–Crippen LogP) is 2.42. The van der Waals surface area contributed by atoms with E-state index in [1.165, 1.54) is 11.3 Å². The number of hydrogen-bond donors (Lipinski definition) is 1. The number of nitrogens with one attached hydrogen (secondary N) is 1. The summed E-state index contributed by atoms with van der Waals surface area (Å²) in [6, 6.07) is -0.0828. The van der Waals surface area contributed by atoms with Gasteiger partial charge in [0.05, 0.1) is 6.10 Å². The number of carbonyl (C=O) groups is 1. The van der Waals surface area contributed by atoms with Crippen LogP contribution in [0.15, 0.2) is 11.6 Å². The molecule has 0 bridgehead atoms. The number of amides is 2. The maximum atomic E-state index is 11.9. The summed E-state index contributed by atoms with van der Waals surface area (Å²) in [7, 11) is 0. The Hall–Kier alpha value is -1.14. The van der Waals surface area contributed by atoms with Crippen molar-refractivity contribution in [3.63, 3.8) is 0 Å². The highest BCUT2D eigenvalue weighted by molar-refractivity contribution is 7.13. The third-order valence-electron chi connectivity index (χ3n) is 2.74. The molecule has 0 saturated carbocycles. The van der Waals surface area contributed by atoms with Gasteiger partial charge >= 0.3 is 6.03 Å². The molecule has 0 aliphatic carbocycles. The number of anilines is 1. The van der Waals surface area contributed by atoms with Crippen molar-refractivity contribution in [3.8, 4) is 0 Å². The Kier molecular flexibility index (Phi) is 4.54. The van der Waals surface area contributed by atoms with Gasteiger partial charge in [0.2, 0.25) is 0 Å². The Balaban J connectivity index is 1.76. The number of carbonyl (C=O) groups excluding carboxylic acids is 1. The fraction of sp³-hybridized carbons (Fsp3) is 0.667. The molecule has 5 nitrogen and oxygen atoms in total. The molecule has 1 saturated heterocycles. The SMILES string of the molecule is CC(C)COC1CCN(C(=O)Nc2nccs2)C1. The van der Waals surface area contributed by atoms with E-state index in [9.17, 15) is 4.79 Å². The van der Waals surface area contributed by atoms with Gasteiger partial charge in [-0.3, -0.25) is 5.32 Å². The lowest BCUT2D eigenvalue weighted by molar-refractivity contribution is 0.0440. The number of hydrogen-bond acceptors (Lipinski definition) is 4. The number of rotatable bonds is 4. The van der Waals surface area contributed by atoms with Crippen molar-refractivity contribution < 1.29 is 9.53 Å². The molecule has 2 rings (SSSR count). The summed E-state index contributed by atoms with van der Waals surface area (Å²) >= 11 is 1.42. The highest BCUT2D eigenvalue weighted by Crippen LogP contribution is 2.16. The van der Waals surface area contributed by atoms with Gasteiger partial charge < -0.3 is 9.64 Å². The molecule has 6 heteroatoms. The highest BCUT2D eigenvalue weighted by atomic mass is 32.1. The number of likely N-dealkylation sites (tertiary alicyclic amines) is 1. The van der Waals surface area contributed by atoms with Crippen LogP contribution in [0.5, 0.6) is 0 Å². The predicted molar refractivity (Wildman–Crippen MR) is 71.9 cm³/mol. The number of aromatic nitrogens is 1. The Bertz CT molecular complexity index is 381. The van der Waals surface area contributed by atoms with Gasteiger partial charge in [0.1, 0.15) is 0 Å². The summed E-state index contributed by atoms with van der Waals surface area (Å²) in [5.41, 5.74) is 0. The summed E-state index contributed by atoms with van der Waals surface area (Å²) < 4.78 is 5.75. The van der Waals surface area contributed by atoms with Gasteiger partial charge in [0, 0.05) is 31.3 Å². The van der Waals surface area contributed by atoms with Crippen LogP contribution in [-0.2, 0) is 4.74 Å². The summed E-state index contributed by atoms with van der Waals surface area (Å²) in [5.74, 6) is 0.531. The van der Waals surface area contributed by atoms with E-state index in [1.54, 1.807) is 11.1 Å². The average Bonchev–Trinajstić information content (AvgIpc) is 2.96. The van der Waals surface area contributed by atoms with Crippen molar-refractivity contribution in [2.45, 2.75) is 26.4 Å². The minimum absolute atomic E-state index is 0.0828. The first-order valence-corrected chi connectivity index (χ1v) is 7.10. The van der Waals surface area contributed by atoms with E-state index in [-0.39, 0.29) is 12.1 Å². The van der Waals surface area contributed by atoms with E-state index < -0.39 is 0 Å². The van der Waals surface area contributed by atoms with Crippen LogP contribution in [0.1, 0.15) is 20.3 Å². The standard InChI is InChI=1S/C12H19N3O2S/c1-9(2)8-17-10-3-5-15(7-10)12(16)14-11-13-4-6-18-11/h4,6,9-10H,3,5,7-8H2,1-2H3,(H,13,14,16). The number of thiazole rings is 1.